The molecule has 1 aromatic carbocycles. The van der Waals surface area contributed by atoms with E-state index in [4.69, 9.17) is 0 Å². The number of hydrogen-bond acceptors (Lipinski definition) is 5. The van der Waals surface area contributed by atoms with Gasteiger partial charge in [0.1, 0.15) is 0 Å². The number of benzene rings is 1. The molecule has 152 valence electrons. The first-order valence-electron chi connectivity index (χ1n) is 9.56. The summed E-state index contributed by atoms with van der Waals surface area (Å²) in [6.45, 7) is 6.26. The lowest BCUT2D eigenvalue weighted by Crippen LogP contribution is -2.44. The van der Waals surface area contributed by atoms with E-state index in [0.29, 0.717) is 13.0 Å². The van der Waals surface area contributed by atoms with Crippen LogP contribution in [0.25, 0.3) is 0 Å². The molecular weight excluding hydrogens is 394 g/mol. The average Bonchev–Trinajstić information content (AvgIpc) is 3.18. The SMILES string of the molecule is CCN(C(=O)C(C)Sc1nc(Cc2ccccc2)c(C)[nH]1)C1CCS(=O)(=O)C1. The number of carbonyl (C=O) groups excluding carboxylic acids is 1. The van der Waals surface area contributed by atoms with Gasteiger partial charge in [0.15, 0.2) is 15.0 Å². The number of rotatable bonds is 7. The van der Waals surface area contributed by atoms with E-state index >= 15 is 0 Å². The second kappa shape index (κ2) is 8.69. The lowest BCUT2D eigenvalue weighted by Gasteiger charge is -2.29. The number of carbonyl (C=O) groups is 1. The number of nitrogens with one attached hydrogen (secondary N) is 1. The van der Waals surface area contributed by atoms with Gasteiger partial charge in [-0.05, 0) is 32.8 Å². The Morgan fingerprint density at radius 1 is 1.36 bits per heavy atom. The third-order valence-corrected chi connectivity index (χ3v) is 7.81. The quantitative estimate of drug-likeness (QED) is 0.695. The highest BCUT2D eigenvalue weighted by Gasteiger charge is 2.35. The summed E-state index contributed by atoms with van der Waals surface area (Å²) in [5, 5.41) is 0.387. The summed E-state index contributed by atoms with van der Waals surface area (Å²) in [7, 11) is -3.02. The molecule has 8 heteroatoms. The summed E-state index contributed by atoms with van der Waals surface area (Å²) in [4.78, 5) is 22.6. The smallest absolute Gasteiger partial charge is 0.236 e. The molecule has 1 aliphatic rings. The van der Waals surface area contributed by atoms with Crippen molar-refractivity contribution in [3.8, 4) is 0 Å². The van der Waals surface area contributed by atoms with Gasteiger partial charge in [-0.1, -0.05) is 42.1 Å². The molecule has 2 heterocycles. The largest absolute Gasteiger partial charge is 0.338 e. The summed E-state index contributed by atoms with van der Waals surface area (Å²) < 4.78 is 23.6. The molecule has 1 amide bonds. The van der Waals surface area contributed by atoms with Crippen molar-refractivity contribution >= 4 is 27.5 Å². The van der Waals surface area contributed by atoms with Gasteiger partial charge in [0.25, 0.3) is 0 Å². The molecule has 2 aromatic rings. The number of imidazole rings is 1. The Kier molecular flexibility index (Phi) is 6.50. The Balaban J connectivity index is 1.66. The molecule has 1 N–H and O–H groups in total. The maximum atomic E-state index is 12.9. The maximum absolute atomic E-state index is 12.9. The molecule has 6 nitrogen and oxygen atoms in total. The fourth-order valence-electron chi connectivity index (χ4n) is 3.55. The van der Waals surface area contributed by atoms with E-state index in [1.54, 1.807) is 4.90 Å². The molecular formula is C20H27N3O3S2. The third kappa shape index (κ3) is 4.97. The van der Waals surface area contributed by atoms with Gasteiger partial charge in [-0.2, -0.15) is 0 Å². The van der Waals surface area contributed by atoms with Crippen LogP contribution in [0.5, 0.6) is 0 Å². The fraction of sp³-hybridized carbons (Fsp3) is 0.500. The Hall–Kier alpha value is -1.80. The molecule has 0 aliphatic carbocycles. The lowest BCUT2D eigenvalue weighted by atomic mass is 10.1. The predicted octanol–water partition coefficient (Wildman–Crippen LogP) is 2.83. The van der Waals surface area contributed by atoms with E-state index in [1.165, 1.54) is 17.3 Å². The number of amides is 1. The molecule has 1 fully saturated rings. The molecule has 2 unspecified atom stereocenters. The predicted molar refractivity (Wildman–Crippen MR) is 112 cm³/mol. The molecule has 28 heavy (non-hydrogen) atoms. The van der Waals surface area contributed by atoms with Crippen molar-refractivity contribution in [2.45, 2.75) is 50.1 Å². The third-order valence-electron chi connectivity index (χ3n) is 5.09. The second-order valence-electron chi connectivity index (χ2n) is 7.22. The van der Waals surface area contributed by atoms with Gasteiger partial charge in [0, 0.05) is 24.7 Å². The van der Waals surface area contributed by atoms with Gasteiger partial charge >= 0.3 is 0 Å². The Morgan fingerprint density at radius 2 is 2.07 bits per heavy atom. The van der Waals surface area contributed by atoms with Gasteiger partial charge in [-0.15, -0.1) is 0 Å². The number of H-pyrrole nitrogens is 1. The summed E-state index contributed by atoms with van der Waals surface area (Å²) in [6.07, 6.45) is 1.27. The Bertz CT molecular complexity index is 925. The standard InChI is InChI=1S/C20H27N3O3S2/c1-4-23(17-10-11-28(25,26)13-17)19(24)15(3)27-20-21-14(2)18(22-20)12-16-8-6-5-7-9-16/h5-9,15,17H,4,10-13H2,1-3H3,(H,21,22). The van der Waals surface area contributed by atoms with Crippen LogP contribution in [0.4, 0.5) is 0 Å². The summed E-state index contributed by atoms with van der Waals surface area (Å²) in [5.74, 6) is 0.210. The number of sulfone groups is 1. The van der Waals surface area contributed by atoms with E-state index in [9.17, 15) is 13.2 Å². The molecule has 2 atom stereocenters. The fourth-order valence-corrected chi connectivity index (χ4v) is 6.23. The number of aromatic nitrogens is 2. The van der Waals surface area contributed by atoms with Crippen LogP contribution in [-0.2, 0) is 21.1 Å². The second-order valence-corrected chi connectivity index (χ2v) is 10.8. The van der Waals surface area contributed by atoms with E-state index in [1.807, 2.05) is 39.0 Å². The van der Waals surface area contributed by atoms with E-state index in [-0.39, 0.29) is 28.7 Å². The number of aromatic amines is 1. The molecule has 1 saturated heterocycles. The summed E-state index contributed by atoms with van der Waals surface area (Å²) >= 11 is 1.39. The highest BCUT2D eigenvalue weighted by atomic mass is 32.2. The molecule has 0 spiro atoms. The van der Waals surface area contributed by atoms with Gasteiger partial charge in [0.05, 0.1) is 22.4 Å². The zero-order valence-corrected chi connectivity index (χ0v) is 18.1. The first kappa shape index (κ1) is 20.9. The minimum Gasteiger partial charge on any atom is -0.338 e. The number of aryl methyl sites for hydroxylation is 1. The number of thioether (sulfide) groups is 1. The van der Waals surface area contributed by atoms with Crippen molar-refractivity contribution < 1.29 is 13.2 Å². The van der Waals surface area contributed by atoms with Crippen LogP contribution in [0.1, 0.15) is 37.2 Å². The van der Waals surface area contributed by atoms with Crippen LogP contribution in [0.15, 0.2) is 35.5 Å². The van der Waals surface area contributed by atoms with Crippen LogP contribution < -0.4 is 0 Å². The van der Waals surface area contributed by atoms with Crippen LogP contribution in [-0.4, -0.2) is 58.5 Å². The summed E-state index contributed by atoms with van der Waals surface area (Å²) in [6, 6.07) is 9.94. The molecule has 0 bridgehead atoms. The topological polar surface area (TPSA) is 83.1 Å². The highest BCUT2D eigenvalue weighted by Crippen LogP contribution is 2.26. The van der Waals surface area contributed by atoms with E-state index in [2.05, 4.69) is 22.1 Å². The van der Waals surface area contributed by atoms with Crippen molar-refractivity contribution in [3.05, 3.63) is 47.3 Å². The average molecular weight is 422 g/mol. The zero-order chi connectivity index (χ0) is 20.3. The Morgan fingerprint density at radius 3 is 2.68 bits per heavy atom. The van der Waals surface area contributed by atoms with Crippen molar-refractivity contribution in [1.82, 2.24) is 14.9 Å². The number of nitrogens with zero attached hydrogens (tertiary/aromatic N) is 2. The monoisotopic (exact) mass is 421 g/mol. The van der Waals surface area contributed by atoms with Crippen molar-refractivity contribution in [1.29, 1.82) is 0 Å². The van der Waals surface area contributed by atoms with Crippen molar-refractivity contribution in [2.75, 3.05) is 18.1 Å². The first-order chi connectivity index (χ1) is 13.3. The molecule has 0 saturated carbocycles. The van der Waals surface area contributed by atoms with Crippen LogP contribution >= 0.6 is 11.8 Å². The lowest BCUT2D eigenvalue weighted by molar-refractivity contribution is -0.131. The van der Waals surface area contributed by atoms with Crippen LogP contribution in [0.2, 0.25) is 0 Å². The molecule has 0 radical (unpaired) electrons. The van der Waals surface area contributed by atoms with Gasteiger partial charge in [0.2, 0.25) is 5.91 Å². The zero-order valence-electron chi connectivity index (χ0n) is 16.5. The molecule has 1 aliphatic heterocycles. The van der Waals surface area contributed by atoms with Gasteiger partial charge in [-0.25, -0.2) is 13.4 Å². The Labute approximate surface area is 171 Å². The van der Waals surface area contributed by atoms with Crippen molar-refractivity contribution in [2.24, 2.45) is 0 Å². The van der Waals surface area contributed by atoms with Gasteiger partial charge in [-0.3, -0.25) is 4.79 Å². The highest BCUT2D eigenvalue weighted by molar-refractivity contribution is 8.00. The number of hydrogen-bond donors (Lipinski definition) is 1. The molecule has 1 aromatic heterocycles. The summed E-state index contributed by atoms with van der Waals surface area (Å²) in [5.41, 5.74) is 3.17. The van der Waals surface area contributed by atoms with Gasteiger partial charge < -0.3 is 9.88 Å². The molecule has 3 rings (SSSR count). The normalized spacial score (nSPS) is 19.5. The first-order valence-corrected chi connectivity index (χ1v) is 12.3. The van der Waals surface area contributed by atoms with E-state index in [0.717, 1.165) is 23.0 Å². The minimum absolute atomic E-state index is 0.0340. The van der Waals surface area contributed by atoms with Crippen LogP contribution in [0.3, 0.4) is 0 Å². The van der Waals surface area contributed by atoms with Crippen LogP contribution in [0, 0.1) is 6.92 Å². The maximum Gasteiger partial charge on any atom is 0.236 e. The van der Waals surface area contributed by atoms with E-state index < -0.39 is 9.84 Å². The minimum atomic E-state index is -3.02. The van der Waals surface area contributed by atoms with Crippen molar-refractivity contribution in [3.63, 3.8) is 0 Å².